The molecule has 1 saturated heterocycles. The number of methoxy groups -OCH3 is 1. The van der Waals surface area contributed by atoms with Gasteiger partial charge in [0.1, 0.15) is 5.75 Å². The lowest BCUT2D eigenvalue weighted by Crippen LogP contribution is -2.48. The van der Waals surface area contributed by atoms with E-state index in [2.05, 4.69) is 5.32 Å². The van der Waals surface area contributed by atoms with Gasteiger partial charge in [0.25, 0.3) is 0 Å². The van der Waals surface area contributed by atoms with Crippen LogP contribution in [-0.4, -0.2) is 42.5 Å². The number of carbonyl (C=O) groups is 2. The number of carbonyl (C=O) groups excluding carboxylic acids is 2. The van der Waals surface area contributed by atoms with E-state index in [1.807, 2.05) is 49.9 Å². The third-order valence-corrected chi connectivity index (χ3v) is 4.23. The number of ether oxygens (including phenoxy) is 1. The monoisotopic (exact) mass is 332 g/mol. The van der Waals surface area contributed by atoms with E-state index in [0.29, 0.717) is 19.5 Å². The highest BCUT2D eigenvalue weighted by Crippen LogP contribution is 2.20. The Balaban J connectivity index is 1.82. The summed E-state index contributed by atoms with van der Waals surface area (Å²) < 4.78 is 5.13. The molecular weight excluding hydrogens is 304 g/mol. The van der Waals surface area contributed by atoms with E-state index in [1.165, 1.54) is 0 Å². The summed E-state index contributed by atoms with van der Waals surface area (Å²) >= 11 is 0. The fraction of sp³-hybridized carbons (Fsp3) is 0.579. The normalized spacial score (nSPS) is 15.9. The van der Waals surface area contributed by atoms with Crippen LogP contribution >= 0.6 is 0 Å². The van der Waals surface area contributed by atoms with Gasteiger partial charge in [0.2, 0.25) is 11.8 Å². The Kier molecular flexibility index (Phi) is 5.86. The molecule has 2 rings (SSSR count). The van der Waals surface area contributed by atoms with Crippen LogP contribution in [0.1, 0.15) is 39.2 Å². The molecule has 0 saturated carbocycles. The number of benzene rings is 1. The summed E-state index contributed by atoms with van der Waals surface area (Å²) in [6.07, 6.45) is 1.86. The number of rotatable bonds is 4. The molecule has 1 aromatic rings. The lowest BCUT2D eigenvalue weighted by atomic mass is 9.94. The van der Waals surface area contributed by atoms with Gasteiger partial charge in [0.05, 0.1) is 13.5 Å². The van der Waals surface area contributed by atoms with Crippen LogP contribution in [0.5, 0.6) is 5.75 Å². The maximum Gasteiger partial charge on any atom is 0.226 e. The predicted molar refractivity (Wildman–Crippen MR) is 93.9 cm³/mol. The van der Waals surface area contributed by atoms with Crippen molar-refractivity contribution in [1.82, 2.24) is 10.2 Å². The first-order valence-corrected chi connectivity index (χ1v) is 8.51. The van der Waals surface area contributed by atoms with Gasteiger partial charge in [-0.3, -0.25) is 9.59 Å². The van der Waals surface area contributed by atoms with Crippen molar-refractivity contribution in [3.8, 4) is 5.75 Å². The van der Waals surface area contributed by atoms with Crippen LogP contribution in [0.2, 0.25) is 0 Å². The van der Waals surface area contributed by atoms with Crippen molar-refractivity contribution >= 4 is 11.8 Å². The Morgan fingerprint density at radius 2 is 1.75 bits per heavy atom. The summed E-state index contributed by atoms with van der Waals surface area (Å²) in [5.41, 5.74) is 0.770. The van der Waals surface area contributed by atoms with E-state index in [4.69, 9.17) is 4.74 Å². The van der Waals surface area contributed by atoms with E-state index < -0.39 is 0 Å². The lowest BCUT2D eigenvalue weighted by molar-refractivity contribution is -0.135. The Morgan fingerprint density at radius 1 is 1.17 bits per heavy atom. The van der Waals surface area contributed by atoms with Crippen molar-refractivity contribution in [2.45, 2.75) is 45.6 Å². The van der Waals surface area contributed by atoms with Crippen LogP contribution < -0.4 is 10.1 Å². The highest BCUT2D eigenvalue weighted by molar-refractivity contribution is 5.81. The molecule has 24 heavy (non-hydrogen) atoms. The molecule has 1 aromatic carbocycles. The summed E-state index contributed by atoms with van der Waals surface area (Å²) in [6.45, 7) is 7.25. The standard InChI is InChI=1S/C19H28N2O3/c1-19(2,3)20-18(23)15-9-11-21(12-10-15)17(22)13-14-5-7-16(24-4)8-6-14/h5-8,15H,9-13H2,1-4H3,(H,20,23). The van der Waals surface area contributed by atoms with Crippen LogP contribution in [0.25, 0.3) is 0 Å². The zero-order valence-electron chi connectivity index (χ0n) is 15.1. The summed E-state index contributed by atoms with van der Waals surface area (Å²) in [6, 6.07) is 7.57. The average molecular weight is 332 g/mol. The second kappa shape index (κ2) is 7.69. The van der Waals surface area contributed by atoms with E-state index in [0.717, 1.165) is 24.2 Å². The number of hydrogen-bond donors (Lipinski definition) is 1. The second-order valence-corrected chi connectivity index (χ2v) is 7.42. The third-order valence-electron chi connectivity index (χ3n) is 4.23. The van der Waals surface area contributed by atoms with Gasteiger partial charge in [-0.25, -0.2) is 0 Å². The molecule has 1 heterocycles. The molecule has 0 aromatic heterocycles. The Morgan fingerprint density at radius 3 is 2.25 bits per heavy atom. The van der Waals surface area contributed by atoms with Crippen LogP contribution in [0.4, 0.5) is 0 Å². The van der Waals surface area contributed by atoms with Crippen LogP contribution in [0.3, 0.4) is 0 Å². The largest absolute Gasteiger partial charge is 0.497 e. The van der Waals surface area contributed by atoms with Crippen LogP contribution in [-0.2, 0) is 16.0 Å². The highest BCUT2D eigenvalue weighted by atomic mass is 16.5. The molecule has 0 unspecified atom stereocenters. The number of amides is 2. The van der Waals surface area contributed by atoms with Crippen molar-refractivity contribution in [1.29, 1.82) is 0 Å². The van der Waals surface area contributed by atoms with Crippen LogP contribution in [0.15, 0.2) is 24.3 Å². The summed E-state index contributed by atoms with van der Waals surface area (Å²) in [5.74, 6) is 1.02. The van der Waals surface area contributed by atoms with E-state index in [9.17, 15) is 9.59 Å². The fourth-order valence-electron chi connectivity index (χ4n) is 2.89. The van der Waals surface area contributed by atoms with Gasteiger partial charge in [-0.1, -0.05) is 12.1 Å². The molecule has 5 nitrogen and oxygen atoms in total. The zero-order chi connectivity index (χ0) is 17.7. The first kappa shape index (κ1) is 18.3. The molecule has 1 aliphatic rings. The van der Waals surface area contributed by atoms with E-state index in [-0.39, 0.29) is 23.3 Å². The van der Waals surface area contributed by atoms with Crippen molar-refractivity contribution in [3.63, 3.8) is 0 Å². The third kappa shape index (κ3) is 5.25. The molecule has 0 spiro atoms. The van der Waals surface area contributed by atoms with Gasteiger partial charge in [0, 0.05) is 24.5 Å². The number of piperidine rings is 1. The smallest absolute Gasteiger partial charge is 0.226 e. The molecule has 1 N–H and O–H groups in total. The Bertz CT molecular complexity index is 567. The molecular formula is C19H28N2O3. The SMILES string of the molecule is COc1ccc(CC(=O)N2CCC(C(=O)NC(C)(C)C)CC2)cc1. The maximum absolute atomic E-state index is 12.4. The van der Waals surface area contributed by atoms with Crippen molar-refractivity contribution < 1.29 is 14.3 Å². The highest BCUT2D eigenvalue weighted by Gasteiger charge is 2.28. The van der Waals surface area contributed by atoms with Crippen molar-refractivity contribution in [2.75, 3.05) is 20.2 Å². The first-order valence-electron chi connectivity index (χ1n) is 8.51. The summed E-state index contributed by atoms with van der Waals surface area (Å²) in [4.78, 5) is 26.5. The fourth-order valence-corrected chi connectivity index (χ4v) is 2.89. The summed E-state index contributed by atoms with van der Waals surface area (Å²) in [7, 11) is 1.63. The Labute approximate surface area is 144 Å². The van der Waals surface area contributed by atoms with E-state index in [1.54, 1.807) is 7.11 Å². The van der Waals surface area contributed by atoms with Crippen molar-refractivity contribution in [3.05, 3.63) is 29.8 Å². The van der Waals surface area contributed by atoms with Gasteiger partial charge in [0.15, 0.2) is 0 Å². The molecule has 0 radical (unpaired) electrons. The molecule has 0 bridgehead atoms. The maximum atomic E-state index is 12.4. The molecule has 132 valence electrons. The van der Waals surface area contributed by atoms with Gasteiger partial charge in [-0.05, 0) is 51.3 Å². The molecule has 2 amide bonds. The number of hydrogen-bond acceptors (Lipinski definition) is 3. The van der Waals surface area contributed by atoms with Crippen LogP contribution in [0, 0.1) is 5.92 Å². The van der Waals surface area contributed by atoms with Crippen molar-refractivity contribution in [2.24, 2.45) is 5.92 Å². The number of nitrogens with zero attached hydrogens (tertiary/aromatic N) is 1. The molecule has 0 atom stereocenters. The molecule has 0 aliphatic carbocycles. The van der Waals surface area contributed by atoms with Gasteiger partial charge in [-0.15, -0.1) is 0 Å². The lowest BCUT2D eigenvalue weighted by Gasteiger charge is -2.33. The molecule has 1 aliphatic heterocycles. The average Bonchev–Trinajstić information content (AvgIpc) is 2.54. The van der Waals surface area contributed by atoms with Gasteiger partial charge in [-0.2, -0.15) is 0 Å². The number of nitrogens with one attached hydrogen (secondary N) is 1. The van der Waals surface area contributed by atoms with Gasteiger partial charge < -0.3 is 15.0 Å². The molecule has 1 fully saturated rings. The Hall–Kier alpha value is -2.04. The quantitative estimate of drug-likeness (QED) is 0.921. The van der Waals surface area contributed by atoms with Gasteiger partial charge >= 0.3 is 0 Å². The van der Waals surface area contributed by atoms with E-state index >= 15 is 0 Å². The first-order chi connectivity index (χ1) is 11.3. The second-order valence-electron chi connectivity index (χ2n) is 7.42. The minimum absolute atomic E-state index is 0.00858. The minimum Gasteiger partial charge on any atom is -0.497 e. The molecule has 5 heteroatoms. The minimum atomic E-state index is -0.210. The zero-order valence-corrected chi connectivity index (χ0v) is 15.1. The summed E-state index contributed by atoms with van der Waals surface area (Å²) in [5, 5.41) is 3.03. The number of likely N-dealkylation sites (tertiary alicyclic amines) is 1. The topological polar surface area (TPSA) is 58.6 Å². The predicted octanol–water partition coefficient (Wildman–Crippen LogP) is 2.39.